The largest absolute Gasteiger partial charge is 0.381 e. The lowest BCUT2D eigenvalue weighted by Gasteiger charge is -2.18. The second-order valence-corrected chi connectivity index (χ2v) is 4.82. The van der Waals surface area contributed by atoms with Gasteiger partial charge in [0, 0.05) is 43.4 Å². The molecule has 0 atom stereocenters. The van der Waals surface area contributed by atoms with E-state index < -0.39 is 0 Å². The summed E-state index contributed by atoms with van der Waals surface area (Å²) in [4.78, 5) is 5.53. The van der Waals surface area contributed by atoms with Gasteiger partial charge in [0.25, 0.3) is 0 Å². The maximum Gasteiger partial charge on any atom is 0.0415 e. The van der Waals surface area contributed by atoms with E-state index in [1.807, 2.05) is 12.4 Å². The molecule has 1 saturated heterocycles. The summed E-state index contributed by atoms with van der Waals surface area (Å²) in [5, 5.41) is 3.46. The maximum absolute atomic E-state index is 3.46. The Morgan fingerprint density at radius 1 is 1.17 bits per heavy atom. The van der Waals surface area contributed by atoms with Gasteiger partial charge in [-0.3, -0.25) is 0 Å². The molecule has 2 aromatic rings. The van der Waals surface area contributed by atoms with Gasteiger partial charge in [-0.15, -0.1) is 0 Å². The third-order valence-electron chi connectivity index (χ3n) is 3.48. The number of hydrogen-bond acceptors (Lipinski definition) is 2. The molecular weight excluding hydrogens is 222 g/mol. The van der Waals surface area contributed by atoms with E-state index in [9.17, 15) is 0 Å². The highest BCUT2D eigenvalue weighted by Gasteiger charge is 2.12. The third kappa shape index (κ3) is 2.50. The van der Waals surface area contributed by atoms with E-state index in [1.54, 1.807) is 0 Å². The molecule has 0 unspecified atom stereocenters. The summed E-state index contributed by atoms with van der Waals surface area (Å²) >= 11 is 0. The third-order valence-corrected chi connectivity index (χ3v) is 3.48. The van der Waals surface area contributed by atoms with Gasteiger partial charge in [0.15, 0.2) is 0 Å². The smallest absolute Gasteiger partial charge is 0.0415 e. The molecule has 2 N–H and O–H groups in total. The van der Waals surface area contributed by atoms with Gasteiger partial charge in [0.05, 0.1) is 0 Å². The molecule has 18 heavy (non-hydrogen) atoms. The van der Waals surface area contributed by atoms with Crippen LogP contribution in [0.1, 0.15) is 18.4 Å². The summed E-state index contributed by atoms with van der Waals surface area (Å²) in [5.41, 5.74) is 3.81. The lowest BCUT2D eigenvalue weighted by molar-refractivity contribution is 0.949. The second kappa shape index (κ2) is 5.17. The number of aromatic nitrogens is 1. The van der Waals surface area contributed by atoms with Gasteiger partial charge in [-0.25, -0.2) is 0 Å². The predicted octanol–water partition coefficient (Wildman–Crippen LogP) is 3.23. The second-order valence-electron chi connectivity index (χ2n) is 4.82. The summed E-state index contributed by atoms with van der Waals surface area (Å²) < 4.78 is 0. The Hall–Kier alpha value is -1.90. The van der Waals surface area contributed by atoms with Crippen LogP contribution in [0.5, 0.6) is 0 Å². The molecule has 3 heteroatoms. The van der Waals surface area contributed by atoms with E-state index >= 15 is 0 Å². The van der Waals surface area contributed by atoms with Crippen molar-refractivity contribution in [1.29, 1.82) is 0 Å². The molecule has 1 aromatic heterocycles. The van der Waals surface area contributed by atoms with Gasteiger partial charge in [-0.1, -0.05) is 6.07 Å². The molecule has 0 bridgehead atoms. The zero-order valence-electron chi connectivity index (χ0n) is 10.5. The van der Waals surface area contributed by atoms with Crippen molar-refractivity contribution in [1.82, 2.24) is 4.98 Å². The molecule has 1 aliphatic rings. The first kappa shape index (κ1) is 11.2. The minimum atomic E-state index is 0.868. The minimum absolute atomic E-state index is 0.868. The quantitative estimate of drug-likeness (QED) is 0.861. The van der Waals surface area contributed by atoms with E-state index in [0.29, 0.717) is 0 Å². The Morgan fingerprint density at radius 2 is 2.06 bits per heavy atom. The summed E-state index contributed by atoms with van der Waals surface area (Å²) in [6.07, 6.45) is 6.62. The molecule has 1 fully saturated rings. The summed E-state index contributed by atoms with van der Waals surface area (Å²) in [7, 11) is 0. The van der Waals surface area contributed by atoms with Gasteiger partial charge in [0.2, 0.25) is 0 Å². The fourth-order valence-corrected chi connectivity index (χ4v) is 2.46. The van der Waals surface area contributed by atoms with Crippen molar-refractivity contribution in [2.45, 2.75) is 19.4 Å². The first-order valence-corrected chi connectivity index (χ1v) is 6.62. The summed E-state index contributed by atoms with van der Waals surface area (Å²) in [6, 6.07) is 10.8. The monoisotopic (exact) mass is 241 g/mol. The molecule has 94 valence electrons. The topological polar surface area (TPSA) is 31.1 Å². The van der Waals surface area contributed by atoms with Crippen LogP contribution in [0.4, 0.5) is 11.4 Å². The van der Waals surface area contributed by atoms with Crippen LogP contribution in [0.25, 0.3) is 0 Å². The van der Waals surface area contributed by atoms with E-state index in [2.05, 4.69) is 45.5 Å². The molecule has 0 amide bonds. The normalized spacial score (nSPS) is 15.0. The van der Waals surface area contributed by atoms with Gasteiger partial charge in [-0.2, -0.15) is 0 Å². The van der Waals surface area contributed by atoms with Crippen LogP contribution in [0.15, 0.2) is 42.7 Å². The molecular formula is C15H19N3. The number of H-pyrrole nitrogens is 1. The number of nitrogens with one attached hydrogen (secondary N) is 2. The Bertz CT molecular complexity index is 484. The van der Waals surface area contributed by atoms with Crippen molar-refractivity contribution in [2.75, 3.05) is 23.3 Å². The van der Waals surface area contributed by atoms with Crippen LogP contribution in [-0.4, -0.2) is 18.1 Å². The van der Waals surface area contributed by atoms with Crippen LogP contribution >= 0.6 is 0 Å². The number of benzene rings is 1. The Kier molecular flexibility index (Phi) is 3.22. The molecule has 0 saturated carbocycles. The van der Waals surface area contributed by atoms with Gasteiger partial charge < -0.3 is 15.2 Å². The van der Waals surface area contributed by atoms with Gasteiger partial charge in [-0.05, 0) is 42.7 Å². The molecule has 3 nitrogen and oxygen atoms in total. The highest BCUT2D eigenvalue weighted by Crippen LogP contribution is 2.23. The van der Waals surface area contributed by atoms with Crippen LogP contribution in [0.3, 0.4) is 0 Å². The zero-order chi connectivity index (χ0) is 12.2. The average molecular weight is 241 g/mol. The van der Waals surface area contributed by atoms with E-state index in [1.165, 1.54) is 42.9 Å². The van der Waals surface area contributed by atoms with Crippen molar-refractivity contribution in [3.05, 3.63) is 48.3 Å². The van der Waals surface area contributed by atoms with Crippen molar-refractivity contribution in [3.8, 4) is 0 Å². The highest BCUT2D eigenvalue weighted by atomic mass is 15.1. The van der Waals surface area contributed by atoms with Crippen molar-refractivity contribution in [2.24, 2.45) is 0 Å². The van der Waals surface area contributed by atoms with Crippen LogP contribution in [0, 0.1) is 0 Å². The number of nitrogens with zero attached hydrogens (tertiary/aromatic N) is 1. The van der Waals surface area contributed by atoms with Crippen molar-refractivity contribution < 1.29 is 0 Å². The first-order chi connectivity index (χ1) is 8.92. The fraction of sp³-hybridized carbons (Fsp3) is 0.333. The Labute approximate surface area is 108 Å². The van der Waals surface area contributed by atoms with Crippen molar-refractivity contribution >= 4 is 11.4 Å². The van der Waals surface area contributed by atoms with Gasteiger partial charge >= 0.3 is 0 Å². The summed E-state index contributed by atoms with van der Waals surface area (Å²) in [5.74, 6) is 0. The highest BCUT2D eigenvalue weighted by molar-refractivity contribution is 5.58. The number of aromatic amines is 1. The molecule has 0 aliphatic carbocycles. The number of rotatable bonds is 4. The summed E-state index contributed by atoms with van der Waals surface area (Å²) in [6.45, 7) is 3.26. The zero-order valence-corrected chi connectivity index (χ0v) is 10.5. The molecule has 2 heterocycles. The molecule has 3 rings (SSSR count). The predicted molar refractivity (Wildman–Crippen MR) is 76.0 cm³/mol. The molecule has 1 aromatic carbocycles. The molecule has 0 radical (unpaired) electrons. The van der Waals surface area contributed by atoms with E-state index in [4.69, 9.17) is 0 Å². The van der Waals surface area contributed by atoms with E-state index in [0.717, 1.165) is 6.54 Å². The maximum atomic E-state index is 3.46. The number of anilines is 2. The average Bonchev–Trinajstić information content (AvgIpc) is 3.10. The first-order valence-electron chi connectivity index (χ1n) is 6.62. The lowest BCUT2D eigenvalue weighted by Crippen LogP contribution is -2.17. The number of hydrogen-bond donors (Lipinski definition) is 2. The molecule has 0 spiro atoms. The van der Waals surface area contributed by atoms with E-state index in [-0.39, 0.29) is 0 Å². The van der Waals surface area contributed by atoms with Crippen LogP contribution in [0.2, 0.25) is 0 Å². The van der Waals surface area contributed by atoms with Crippen LogP contribution in [-0.2, 0) is 6.54 Å². The van der Waals surface area contributed by atoms with Gasteiger partial charge in [0.1, 0.15) is 0 Å². The molecule has 1 aliphatic heterocycles. The lowest BCUT2D eigenvalue weighted by atomic mass is 10.2. The fourth-order valence-electron chi connectivity index (χ4n) is 2.46. The van der Waals surface area contributed by atoms with Crippen molar-refractivity contribution in [3.63, 3.8) is 0 Å². The van der Waals surface area contributed by atoms with Crippen LogP contribution < -0.4 is 10.2 Å². The standard InChI is InChI=1S/C15H19N3/c1-2-9-18(8-1)15-5-3-4-14(10-15)17-12-13-6-7-16-11-13/h3-7,10-11,16-17H,1-2,8-9,12H2. The Balaban J connectivity index is 1.66. The SMILES string of the molecule is c1cc(NCc2cc[nH]c2)cc(N2CCCC2)c1. The minimum Gasteiger partial charge on any atom is -0.381 e. The Morgan fingerprint density at radius 3 is 2.83 bits per heavy atom.